The Hall–Kier alpha value is 0.160. The Morgan fingerprint density at radius 1 is 1.16 bits per heavy atom. The molecule has 9 heteroatoms. The standard InChI is InChI=1S/C10H17Cl2N2O3PS/c1-6(2)15-18(19,16-7(3)4)17-10-8(11)9(12)14(5)13-10/h6-7H,1-5H3. The molecular formula is C10H17Cl2N2O3PS. The first-order valence-electron chi connectivity index (χ1n) is 5.69. The van der Waals surface area contributed by atoms with Crippen LogP contribution in [0.3, 0.4) is 0 Å². The van der Waals surface area contributed by atoms with E-state index in [1.165, 1.54) is 4.68 Å². The van der Waals surface area contributed by atoms with Crippen molar-refractivity contribution in [1.29, 1.82) is 0 Å². The maximum Gasteiger partial charge on any atom is 0.382 e. The van der Waals surface area contributed by atoms with Gasteiger partial charge in [0.15, 0.2) is 0 Å². The zero-order chi connectivity index (χ0) is 14.8. The lowest BCUT2D eigenvalue weighted by atomic mass is 10.5. The molecule has 1 rings (SSSR count). The van der Waals surface area contributed by atoms with Gasteiger partial charge in [-0.15, -0.1) is 5.10 Å². The predicted octanol–water partition coefficient (Wildman–Crippen LogP) is 4.18. The highest BCUT2D eigenvalue weighted by Crippen LogP contribution is 2.53. The number of rotatable bonds is 6. The van der Waals surface area contributed by atoms with E-state index in [4.69, 9.17) is 48.6 Å². The van der Waals surface area contributed by atoms with Crippen LogP contribution in [0.4, 0.5) is 0 Å². The highest BCUT2D eigenvalue weighted by molar-refractivity contribution is 8.07. The average molecular weight is 347 g/mol. The SMILES string of the molecule is CC(C)OP(=S)(Oc1nn(C)c(Cl)c1Cl)OC(C)C. The van der Waals surface area contributed by atoms with Gasteiger partial charge in [0.25, 0.3) is 5.88 Å². The van der Waals surface area contributed by atoms with E-state index in [9.17, 15) is 0 Å². The van der Waals surface area contributed by atoms with Gasteiger partial charge in [0.1, 0.15) is 10.2 Å². The minimum absolute atomic E-state index is 0.124. The third kappa shape index (κ3) is 4.88. The van der Waals surface area contributed by atoms with Crippen molar-refractivity contribution in [3.8, 4) is 5.88 Å². The number of halogens is 2. The van der Waals surface area contributed by atoms with Gasteiger partial charge < -0.3 is 4.52 Å². The summed E-state index contributed by atoms with van der Waals surface area (Å²) in [6, 6.07) is 0. The fraction of sp³-hybridized carbons (Fsp3) is 0.700. The lowest BCUT2D eigenvalue weighted by Crippen LogP contribution is -2.11. The third-order valence-corrected chi connectivity index (χ3v) is 5.14. The Morgan fingerprint density at radius 2 is 1.63 bits per heavy atom. The molecule has 0 unspecified atom stereocenters. The average Bonchev–Trinajstić information content (AvgIpc) is 2.43. The summed E-state index contributed by atoms with van der Waals surface area (Å²) in [6.45, 7) is 4.42. The molecule has 0 spiro atoms. The molecule has 5 nitrogen and oxygen atoms in total. The van der Waals surface area contributed by atoms with E-state index >= 15 is 0 Å². The number of aryl methyl sites for hydroxylation is 1. The Labute approximate surface area is 128 Å². The van der Waals surface area contributed by atoms with Crippen molar-refractivity contribution in [2.45, 2.75) is 39.9 Å². The van der Waals surface area contributed by atoms with Gasteiger partial charge in [0.05, 0.1) is 12.2 Å². The molecule has 0 aliphatic rings. The van der Waals surface area contributed by atoms with Crippen LogP contribution in [0.15, 0.2) is 0 Å². The summed E-state index contributed by atoms with van der Waals surface area (Å²) in [4.78, 5) is 0. The van der Waals surface area contributed by atoms with Crippen molar-refractivity contribution in [3.05, 3.63) is 10.2 Å². The van der Waals surface area contributed by atoms with Crippen molar-refractivity contribution >= 4 is 41.7 Å². The lowest BCUT2D eigenvalue weighted by Gasteiger charge is -2.24. The van der Waals surface area contributed by atoms with Crippen molar-refractivity contribution in [2.75, 3.05) is 0 Å². The summed E-state index contributed by atoms with van der Waals surface area (Å²) in [5, 5.41) is 4.50. The molecule has 0 amide bonds. The molecule has 110 valence electrons. The van der Waals surface area contributed by atoms with Crippen LogP contribution in [0.1, 0.15) is 27.7 Å². The second-order valence-electron chi connectivity index (χ2n) is 4.38. The van der Waals surface area contributed by atoms with Crippen molar-refractivity contribution < 1.29 is 13.6 Å². The van der Waals surface area contributed by atoms with E-state index in [1.807, 2.05) is 27.7 Å². The Balaban J connectivity index is 3.00. The van der Waals surface area contributed by atoms with Crippen LogP contribution < -0.4 is 4.52 Å². The maximum atomic E-state index is 6.01. The minimum atomic E-state index is -2.97. The van der Waals surface area contributed by atoms with E-state index in [2.05, 4.69) is 5.10 Å². The van der Waals surface area contributed by atoms with Crippen LogP contribution in [-0.4, -0.2) is 22.0 Å². The van der Waals surface area contributed by atoms with Gasteiger partial charge in [-0.3, -0.25) is 13.7 Å². The molecule has 0 bridgehead atoms. The first kappa shape index (κ1) is 17.2. The van der Waals surface area contributed by atoms with Crippen LogP contribution in [0, 0.1) is 0 Å². The smallest absolute Gasteiger partial charge is 0.382 e. The highest BCUT2D eigenvalue weighted by atomic mass is 35.5. The van der Waals surface area contributed by atoms with Gasteiger partial charge >= 0.3 is 6.72 Å². The third-order valence-electron chi connectivity index (χ3n) is 1.77. The largest absolute Gasteiger partial charge is 0.402 e. The molecule has 19 heavy (non-hydrogen) atoms. The Bertz CT molecular complexity index is 479. The molecule has 0 saturated heterocycles. The van der Waals surface area contributed by atoms with E-state index in [0.717, 1.165) is 0 Å². The van der Waals surface area contributed by atoms with Crippen LogP contribution in [-0.2, 0) is 27.9 Å². The molecule has 0 atom stereocenters. The summed E-state index contributed by atoms with van der Waals surface area (Å²) in [6.07, 6.45) is -0.273. The second kappa shape index (κ2) is 6.74. The van der Waals surface area contributed by atoms with Gasteiger partial charge in [-0.25, -0.2) is 0 Å². The van der Waals surface area contributed by atoms with Gasteiger partial charge in [-0.2, -0.15) is 0 Å². The quantitative estimate of drug-likeness (QED) is 0.723. The molecule has 0 aliphatic heterocycles. The molecule has 0 radical (unpaired) electrons. The maximum absolute atomic E-state index is 6.01. The molecule has 0 fully saturated rings. The van der Waals surface area contributed by atoms with Crippen LogP contribution in [0.2, 0.25) is 10.2 Å². The molecule has 1 aromatic rings. The normalized spacial score (nSPS) is 12.5. The molecule has 1 aromatic heterocycles. The van der Waals surface area contributed by atoms with Crippen molar-refractivity contribution in [3.63, 3.8) is 0 Å². The molecular weight excluding hydrogens is 330 g/mol. The van der Waals surface area contributed by atoms with E-state index in [0.29, 0.717) is 0 Å². The number of hydrogen-bond acceptors (Lipinski definition) is 5. The second-order valence-corrected chi connectivity index (χ2v) is 7.96. The van der Waals surface area contributed by atoms with Crippen LogP contribution >= 0.6 is 29.9 Å². The fourth-order valence-electron chi connectivity index (χ4n) is 1.20. The fourth-order valence-corrected chi connectivity index (χ4v) is 4.33. The van der Waals surface area contributed by atoms with Gasteiger partial charge in [-0.05, 0) is 27.7 Å². The predicted molar refractivity (Wildman–Crippen MR) is 80.6 cm³/mol. The summed E-state index contributed by atoms with van der Waals surface area (Å²) >= 11 is 17.3. The van der Waals surface area contributed by atoms with Crippen molar-refractivity contribution in [1.82, 2.24) is 9.78 Å². The zero-order valence-corrected chi connectivity index (χ0v) is 14.6. The van der Waals surface area contributed by atoms with E-state index < -0.39 is 6.72 Å². The van der Waals surface area contributed by atoms with E-state index in [1.54, 1.807) is 7.05 Å². The van der Waals surface area contributed by atoms with Crippen LogP contribution in [0.5, 0.6) is 5.88 Å². The molecule has 0 aromatic carbocycles. The van der Waals surface area contributed by atoms with Crippen molar-refractivity contribution in [2.24, 2.45) is 7.05 Å². The molecule has 1 heterocycles. The first-order valence-corrected chi connectivity index (χ1v) is 9.00. The van der Waals surface area contributed by atoms with Gasteiger partial charge in [-0.1, -0.05) is 23.2 Å². The minimum Gasteiger partial charge on any atom is -0.402 e. The Morgan fingerprint density at radius 3 is 1.95 bits per heavy atom. The first-order chi connectivity index (χ1) is 8.64. The topological polar surface area (TPSA) is 45.5 Å². The summed E-state index contributed by atoms with van der Waals surface area (Å²) in [7, 11) is 1.65. The summed E-state index contributed by atoms with van der Waals surface area (Å²) < 4.78 is 18.2. The van der Waals surface area contributed by atoms with Gasteiger partial charge in [0, 0.05) is 18.9 Å². The summed E-state index contributed by atoms with van der Waals surface area (Å²) in [5.74, 6) is 0.124. The lowest BCUT2D eigenvalue weighted by molar-refractivity contribution is 0.139. The summed E-state index contributed by atoms with van der Waals surface area (Å²) in [5.41, 5.74) is 0. The van der Waals surface area contributed by atoms with E-state index in [-0.39, 0.29) is 28.3 Å². The number of hydrogen-bond donors (Lipinski definition) is 0. The number of nitrogens with zero attached hydrogens (tertiary/aromatic N) is 2. The highest BCUT2D eigenvalue weighted by Gasteiger charge is 2.29. The zero-order valence-electron chi connectivity index (χ0n) is 11.4. The van der Waals surface area contributed by atoms with Gasteiger partial charge in [0.2, 0.25) is 0 Å². The molecule has 0 N–H and O–H groups in total. The van der Waals surface area contributed by atoms with Crippen LogP contribution in [0.25, 0.3) is 0 Å². The molecule has 0 saturated carbocycles. The Kier molecular flexibility index (Phi) is 6.11. The number of aromatic nitrogens is 2. The monoisotopic (exact) mass is 346 g/mol. The molecule has 0 aliphatic carbocycles.